The van der Waals surface area contributed by atoms with E-state index in [9.17, 15) is 4.79 Å². The van der Waals surface area contributed by atoms with E-state index in [0.717, 1.165) is 20.3 Å². The second-order valence-electron chi connectivity index (χ2n) is 7.80. The van der Waals surface area contributed by atoms with Crippen LogP contribution in [0.25, 0.3) is 10.8 Å². The molecule has 172 valence electrons. The normalized spacial score (nSPS) is 11.0. The number of halogens is 1. The summed E-state index contributed by atoms with van der Waals surface area (Å²) < 4.78 is 12.9. The van der Waals surface area contributed by atoms with Crippen molar-refractivity contribution < 1.29 is 14.3 Å². The van der Waals surface area contributed by atoms with Gasteiger partial charge in [0.25, 0.3) is 5.91 Å². The Bertz CT molecular complexity index is 1350. The van der Waals surface area contributed by atoms with Crippen LogP contribution in [0.4, 0.5) is 0 Å². The maximum atomic E-state index is 12.3. The molecular weight excluding hydrogens is 539 g/mol. The van der Waals surface area contributed by atoms with E-state index in [-0.39, 0.29) is 5.91 Å². The zero-order valence-electron chi connectivity index (χ0n) is 19.0. The molecule has 0 heterocycles. The maximum absolute atomic E-state index is 12.3. The van der Waals surface area contributed by atoms with Gasteiger partial charge in [-0.15, -0.1) is 0 Å². The lowest BCUT2D eigenvalue weighted by Crippen LogP contribution is -2.17. The summed E-state index contributed by atoms with van der Waals surface area (Å²) in [4.78, 5) is 12.3. The number of benzene rings is 4. The molecule has 1 N–H and O–H groups in total. The quantitative estimate of drug-likeness (QED) is 0.151. The Kier molecular flexibility index (Phi) is 7.80. The number of amides is 1. The summed E-state index contributed by atoms with van der Waals surface area (Å²) in [6.07, 6.45) is 1.60. The molecule has 0 bridgehead atoms. The number of rotatable bonds is 8. The Morgan fingerprint density at radius 3 is 2.59 bits per heavy atom. The van der Waals surface area contributed by atoms with Crippen LogP contribution in [0.5, 0.6) is 11.5 Å². The first-order valence-corrected chi connectivity index (χ1v) is 12.1. The molecule has 0 aliphatic heterocycles. The van der Waals surface area contributed by atoms with Crippen LogP contribution in [0.3, 0.4) is 0 Å². The molecule has 0 unspecified atom stereocenters. The number of hydrogen-bond acceptors (Lipinski definition) is 4. The van der Waals surface area contributed by atoms with E-state index in [1.54, 1.807) is 12.3 Å². The molecular formula is C28H25IN2O3. The predicted molar refractivity (Wildman–Crippen MR) is 145 cm³/mol. The molecule has 0 radical (unpaired) electrons. The van der Waals surface area contributed by atoms with Gasteiger partial charge >= 0.3 is 0 Å². The summed E-state index contributed by atoms with van der Waals surface area (Å²) >= 11 is 2.23. The molecule has 34 heavy (non-hydrogen) atoms. The van der Waals surface area contributed by atoms with Crippen LogP contribution < -0.4 is 14.9 Å². The summed E-state index contributed by atoms with van der Waals surface area (Å²) in [5, 5.41) is 6.50. The molecule has 4 rings (SSSR count). The van der Waals surface area contributed by atoms with Crippen molar-refractivity contribution in [2.75, 3.05) is 6.61 Å². The van der Waals surface area contributed by atoms with Crippen molar-refractivity contribution >= 4 is 45.5 Å². The molecule has 4 aromatic carbocycles. The van der Waals surface area contributed by atoms with Gasteiger partial charge in [-0.1, -0.05) is 54.1 Å². The van der Waals surface area contributed by atoms with Crippen molar-refractivity contribution in [2.24, 2.45) is 5.10 Å². The van der Waals surface area contributed by atoms with Crippen molar-refractivity contribution in [3.8, 4) is 11.5 Å². The first-order chi connectivity index (χ1) is 16.5. The number of nitrogens with one attached hydrogen (secondary N) is 1. The predicted octanol–water partition coefficient (Wildman–Crippen LogP) is 6.49. The fourth-order valence-electron chi connectivity index (χ4n) is 3.57. The number of hydrogen-bond donors (Lipinski definition) is 1. The van der Waals surface area contributed by atoms with Gasteiger partial charge in [0.1, 0.15) is 6.61 Å². The number of carbonyl (C=O) groups excluding carboxylic acids is 1. The third kappa shape index (κ3) is 5.94. The topological polar surface area (TPSA) is 59.9 Å². The number of ether oxygens (including phenoxy) is 2. The van der Waals surface area contributed by atoms with Crippen molar-refractivity contribution in [1.29, 1.82) is 0 Å². The number of carbonyl (C=O) groups is 1. The molecule has 0 aliphatic rings. The van der Waals surface area contributed by atoms with Gasteiger partial charge in [-0.2, -0.15) is 5.10 Å². The molecule has 1 amide bonds. The molecule has 6 heteroatoms. The third-order valence-electron chi connectivity index (χ3n) is 5.19. The SMILES string of the molecule is CCOc1cc(/C=N/NC(=O)c2cccc(C)c2)cc(I)c1OCc1ccc2ccccc2c1. The van der Waals surface area contributed by atoms with E-state index in [4.69, 9.17) is 9.47 Å². The first kappa shape index (κ1) is 23.8. The summed E-state index contributed by atoms with van der Waals surface area (Å²) in [6.45, 7) is 4.82. The minimum Gasteiger partial charge on any atom is -0.490 e. The largest absolute Gasteiger partial charge is 0.490 e. The minimum absolute atomic E-state index is 0.255. The highest BCUT2D eigenvalue weighted by atomic mass is 127. The zero-order chi connectivity index (χ0) is 23.9. The van der Waals surface area contributed by atoms with E-state index in [1.165, 1.54) is 10.8 Å². The van der Waals surface area contributed by atoms with Crippen molar-refractivity contribution in [3.05, 3.63) is 105 Å². The van der Waals surface area contributed by atoms with Crippen molar-refractivity contribution in [1.82, 2.24) is 5.43 Å². The van der Waals surface area contributed by atoms with Crippen molar-refractivity contribution in [3.63, 3.8) is 0 Å². The summed E-state index contributed by atoms with van der Waals surface area (Å²) in [6, 6.07) is 25.8. The Morgan fingerprint density at radius 2 is 1.79 bits per heavy atom. The van der Waals surface area contributed by atoms with E-state index in [0.29, 0.717) is 30.3 Å². The maximum Gasteiger partial charge on any atom is 0.271 e. The highest BCUT2D eigenvalue weighted by Crippen LogP contribution is 2.34. The highest BCUT2D eigenvalue weighted by Gasteiger charge is 2.13. The van der Waals surface area contributed by atoms with Gasteiger partial charge in [-0.25, -0.2) is 5.43 Å². The lowest BCUT2D eigenvalue weighted by Gasteiger charge is -2.15. The third-order valence-corrected chi connectivity index (χ3v) is 5.99. The van der Waals surface area contributed by atoms with Crippen LogP contribution in [-0.4, -0.2) is 18.7 Å². The highest BCUT2D eigenvalue weighted by molar-refractivity contribution is 14.1. The first-order valence-electron chi connectivity index (χ1n) is 11.0. The van der Waals surface area contributed by atoms with Crippen LogP contribution in [0.15, 0.2) is 84.0 Å². The number of fused-ring (bicyclic) bond motifs is 1. The Labute approximate surface area is 212 Å². The van der Waals surface area contributed by atoms with E-state index >= 15 is 0 Å². The number of hydrazone groups is 1. The van der Waals surface area contributed by atoms with Gasteiger partial charge in [-0.05, 0) is 88.7 Å². The second-order valence-corrected chi connectivity index (χ2v) is 8.96. The monoisotopic (exact) mass is 564 g/mol. The molecule has 0 saturated carbocycles. The van der Waals surface area contributed by atoms with E-state index in [2.05, 4.69) is 63.4 Å². The Balaban J connectivity index is 1.48. The van der Waals surface area contributed by atoms with Crippen molar-refractivity contribution in [2.45, 2.75) is 20.5 Å². The van der Waals surface area contributed by atoms with Gasteiger partial charge in [0.2, 0.25) is 0 Å². The fourth-order valence-corrected chi connectivity index (χ4v) is 4.35. The average Bonchev–Trinajstić information content (AvgIpc) is 2.83. The summed E-state index contributed by atoms with van der Waals surface area (Å²) in [7, 11) is 0. The average molecular weight is 564 g/mol. The molecule has 4 aromatic rings. The molecule has 0 spiro atoms. The molecule has 0 fully saturated rings. The Hall–Kier alpha value is -3.39. The lowest BCUT2D eigenvalue weighted by atomic mass is 10.1. The van der Waals surface area contributed by atoms with Gasteiger partial charge in [-0.3, -0.25) is 4.79 Å². The molecule has 0 aromatic heterocycles. The minimum atomic E-state index is -0.255. The standard InChI is InChI=1S/C28H25IN2O3/c1-3-33-26-16-21(17-30-31-28(32)24-10-6-7-19(2)13-24)15-25(29)27(26)34-18-20-11-12-22-8-4-5-9-23(22)14-20/h4-17H,3,18H2,1-2H3,(H,31,32)/b30-17+. The Morgan fingerprint density at radius 1 is 0.971 bits per heavy atom. The molecule has 0 saturated heterocycles. The van der Waals surface area contributed by atoms with Gasteiger partial charge in [0, 0.05) is 5.56 Å². The summed E-state index contributed by atoms with van der Waals surface area (Å²) in [5.74, 6) is 1.08. The molecule has 0 atom stereocenters. The van der Waals surface area contributed by atoms with Crippen LogP contribution in [-0.2, 0) is 6.61 Å². The fraction of sp³-hybridized carbons (Fsp3) is 0.143. The van der Waals surface area contributed by atoms with E-state index in [1.807, 2.05) is 56.3 Å². The van der Waals surface area contributed by atoms with E-state index < -0.39 is 0 Å². The van der Waals surface area contributed by atoms with Crippen LogP contribution in [0, 0.1) is 10.5 Å². The second kappa shape index (κ2) is 11.2. The number of aryl methyl sites for hydroxylation is 1. The molecule has 0 aliphatic carbocycles. The van der Waals surface area contributed by atoms with Crippen LogP contribution >= 0.6 is 22.6 Å². The van der Waals surface area contributed by atoms with Crippen LogP contribution in [0.1, 0.15) is 34.0 Å². The molecule has 5 nitrogen and oxygen atoms in total. The van der Waals surface area contributed by atoms with Gasteiger partial charge < -0.3 is 9.47 Å². The lowest BCUT2D eigenvalue weighted by molar-refractivity contribution is 0.0955. The van der Waals surface area contributed by atoms with Gasteiger partial charge in [0.15, 0.2) is 11.5 Å². The smallest absolute Gasteiger partial charge is 0.271 e. The van der Waals surface area contributed by atoms with Gasteiger partial charge in [0.05, 0.1) is 16.4 Å². The zero-order valence-corrected chi connectivity index (χ0v) is 21.2. The van der Waals surface area contributed by atoms with Crippen LogP contribution in [0.2, 0.25) is 0 Å². The number of nitrogens with zero attached hydrogens (tertiary/aromatic N) is 1. The summed E-state index contributed by atoms with van der Waals surface area (Å²) in [5.41, 5.74) is 6.05.